The Bertz CT molecular complexity index is 851. The van der Waals surface area contributed by atoms with Gasteiger partial charge >= 0.3 is 0 Å². The highest BCUT2D eigenvalue weighted by atomic mass is 35.5. The van der Waals surface area contributed by atoms with E-state index in [0.717, 1.165) is 11.3 Å². The molecule has 0 aliphatic heterocycles. The van der Waals surface area contributed by atoms with Gasteiger partial charge in [0.05, 0.1) is 5.56 Å². The Morgan fingerprint density at radius 3 is 2.46 bits per heavy atom. The van der Waals surface area contributed by atoms with Crippen molar-refractivity contribution in [1.29, 1.82) is 0 Å². The van der Waals surface area contributed by atoms with Crippen LogP contribution in [0.1, 0.15) is 15.9 Å². The van der Waals surface area contributed by atoms with Crippen molar-refractivity contribution >= 4 is 34.8 Å². The van der Waals surface area contributed by atoms with Gasteiger partial charge in [-0.3, -0.25) is 4.79 Å². The number of halogens is 1. The molecule has 24 heavy (non-hydrogen) atoms. The average molecular weight is 339 g/mol. The van der Waals surface area contributed by atoms with Crippen LogP contribution in [0.5, 0.6) is 0 Å². The molecule has 120 valence electrons. The molecule has 0 atom stereocenters. The van der Waals surface area contributed by atoms with Crippen LogP contribution >= 0.6 is 11.6 Å². The predicted molar refractivity (Wildman–Crippen MR) is 95.9 cm³/mol. The van der Waals surface area contributed by atoms with Crippen molar-refractivity contribution in [3.8, 4) is 0 Å². The van der Waals surface area contributed by atoms with Crippen molar-refractivity contribution in [1.82, 2.24) is 9.97 Å². The predicted octanol–water partition coefficient (Wildman–Crippen LogP) is 4.43. The lowest BCUT2D eigenvalue weighted by molar-refractivity contribution is 0.102. The molecule has 0 bridgehead atoms. The van der Waals surface area contributed by atoms with Gasteiger partial charge in [0.15, 0.2) is 0 Å². The SMILES string of the molecule is Cc1ccc(Cl)cc1NC(=O)c1cnc(Nc2ccccc2)nc1. The van der Waals surface area contributed by atoms with Crippen LogP contribution in [0.3, 0.4) is 0 Å². The lowest BCUT2D eigenvalue weighted by Crippen LogP contribution is -2.13. The van der Waals surface area contributed by atoms with Gasteiger partial charge < -0.3 is 10.6 Å². The van der Waals surface area contributed by atoms with Crippen LogP contribution in [0.2, 0.25) is 5.02 Å². The standard InChI is InChI=1S/C18H15ClN4O/c1-12-7-8-14(19)9-16(12)23-17(24)13-10-20-18(21-11-13)22-15-5-3-2-4-6-15/h2-11H,1H3,(H,23,24)(H,20,21,22). The molecule has 0 saturated carbocycles. The topological polar surface area (TPSA) is 66.9 Å². The summed E-state index contributed by atoms with van der Waals surface area (Å²) in [7, 11) is 0. The summed E-state index contributed by atoms with van der Waals surface area (Å²) in [6.07, 6.45) is 2.96. The number of rotatable bonds is 4. The van der Waals surface area contributed by atoms with Gasteiger partial charge in [-0.1, -0.05) is 35.9 Å². The first-order chi connectivity index (χ1) is 11.6. The van der Waals surface area contributed by atoms with E-state index in [0.29, 0.717) is 22.2 Å². The second-order valence-electron chi connectivity index (χ2n) is 5.20. The van der Waals surface area contributed by atoms with Crippen LogP contribution in [0.4, 0.5) is 17.3 Å². The largest absolute Gasteiger partial charge is 0.324 e. The maximum Gasteiger partial charge on any atom is 0.258 e. The molecule has 2 aromatic carbocycles. The number of anilines is 3. The van der Waals surface area contributed by atoms with Crippen molar-refractivity contribution in [3.05, 3.63) is 77.1 Å². The third-order valence-electron chi connectivity index (χ3n) is 3.39. The first kappa shape index (κ1) is 16.0. The fraction of sp³-hybridized carbons (Fsp3) is 0.0556. The van der Waals surface area contributed by atoms with Crippen LogP contribution in [0.15, 0.2) is 60.9 Å². The van der Waals surface area contributed by atoms with Crippen molar-refractivity contribution in [3.63, 3.8) is 0 Å². The van der Waals surface area contributed by atoms with E-state index < -0.39 is 0 Å². The van der Waals surface area contributed by atoms with E-state index in [2.05, 4.69) is 20.6 Å². The lowest BCUT2D eigenvalue weighted by atomic mass is 10.2. The summed E-state index contributed by atoms with van der Waals surface area (Å²) in [5, 5.41) is 6.44. The van der Waals surface area contributed by atoms with Gasteiger partial charge in [0.1, 0.15) is 0 Å². The minimum Gasteiger partial charge on any atom is -0.324 e. The van der Waals surface area contributed by atoms with Crippen LogP contribution in [-0.4, -0.2) is 15.9 Å². The lowest BCUT2D eigenvalue weighted by Gasteiger charge is -2.09. The van der Waals surface area contributed by atoms with Crippen molar-refractivity contribution in [2.45, 2.75) is 6.92 Å². The Hall–Kier alpha value is -2.92. The first-order valence-corrected chi connectivity index (χ1v) is 7.71. The molecule has 3 rings (SSSR count). The molecule has 0 aliphatic carbocycles. The van der Waals surface area contributed by atoms with E-state index in [9.17, 15) is 4.79 Å². The molecule has 1 aromatic heterocycles. The van der Waals surface area contributed by atoms with Gasteiger partial charge in [0.25, 0.3) is 5.91 Å². The van der Waals surface area contributed by atoms with E-state index in [4.69, 9.17) is 11.6 Å². The Kier molecular flexibility index (Phi) is 4.72. The smallest absolute Gasteiger partial charge is 0.258 e. The second-order valence-corrected chi connectivity index (χ2v) is 5.64. The molecule has 0 fully saturated rings. The third kappa shape index (κ3) is 3.88. The summed E-state index contributed by atoms with van der Waals surface area (Å²) in [5.41, 5.74) is 2.84. The molecule has 6 heteroatoms. The molecule has 0 aliphatic rings. The molecule has 0 saturated heterocycles. The van der Waals surface area contributed by atoms with Crippen LogP contribution < -0.4 is 10.6 Å². The van der Waals surface area contributed by atoms with Crippen molar-refractivity contribution in [2.75, 3.05) is 10.6 Å². The van der Waals surface area contributed by atoms with E-state index in [1.54, 1.807) is 12.1 Å². The van der Waals surface area contributed by atoms with Crippen molar-refractivity contribution < 1.29 is 4.79 Å². The molecule has 0 spiro atoms. The number of aryl methyl sites for hydroxylation is 1. The van der Waals surface area contributed by atoms with Gasteiger partial charge in [-0.2, -0.15) is 0 Å². The number of hydrogen-bond donors (Lipinski definition) is 2. The molecule has 0 radical (unpaired) electrons. The summed E-state index contributed by atoms with van der Waals surface area (Å²) < 4.78 is 0. The van der Waals surface area contributed by atoms with Gasteiger partial charge in [0.2, 0.25) is 5.95 Å². The Morgan fingerprint density at radius 1 is 1.04 bits per heavy atom. The number of nitrogens with one attached hydrogen (secondary N) is 2. The number of nitrogens with zero attached hydrogens (tertiary/aromatic N) is 2. The summed E-state index contributed by atoms with van der Waals surface area (Å²) >= 11 is 5.96. The van der Waals surface area contributed by atoms with Gasteiger partial charge in [0, 0.05) is 28.8 Å². The zero-order valence-electron chi connectivity index (χ0n) is 13.0. The molecule has 0 unspecified atom stereocenters. The highest BCUT2D eigenvalue weighted by Crippen LogP contribution is 2.21. The maximum absolute atomic E-state index is 12.3. The quantitative estimate of drug-likeness (QED) is 0.738. The number of amides is 1. The zero-order valence-corrected chi connectivity index (χ0v) is 13.7. The number of hydrogen-bond acceptors (Lipinski definition) is 4. The second kappa shape index (κ2) is 7.10. The minimum atomic E-state index is -0.286. The van der Waals surface area contributed by atoms with E-state index in [1.165, 1.54) is 12.4 Å². The van der Waals surface area contributed by atoms with Crippen molar-refractivity contribution in [2.24, 2.45) is 0 Å². The molecular formula is C18H15ClN4O. The molecule has 3 aromatic rings. The number of para-hydroxylation sites is 1. The number of aromatic nitrogens is 2. The maximum atomic E-state index is 12.3. The number of benzene rings is 2. The fourth-order valence-corrected chi connectivity index (χ4v) is 2.26. The van der Waals surface area contributed by atoms with Gasteiger partial charge in [-0.25, -0.2) is 9.97 Å². The highest BCUT2D eigenvalue weighted by molar-refractivity contribution is 6.31. The Balaban J connectivity index is 1.71. The van der Waals surface area contributed by atoms with Crippen LogP contribution in [0, 0.1) is 6.92 Å². The number of carbonyl (C=O) groups is 1. The minimum absolute atomic E-state index is 0.286. The highest BCUT2D eigenvalue weighted by Gasteiger charge is 2.09. The Morgan fingerprint density at radius 2 is 1.75 bits per heavy atom. The summed E-state index contributed by atoms with van der Waals surface area (Å²) in [6.45, 7) is 1.90. The van der Waals surface area contributed by atoms with Gasteiger partial charge in [-0.15, -0.1) is 0 Å². The fourth-order valence-electron chi connectivity index (χ4n) is 2.08. The zero-order chi connectivity index (χ0) is 16.9. The summed E-state index contributed by atoms with van der Waals surface area (Å²) in [4.78, 5) is 20.6. The van der Waals surface area contributed by atoms with E-state index >= 15 is 0 Å². The normalized spacial score (nSPS) is 10.2. The molecule has 1 heterocycles. The van der Waals surface area contributed by atoms with Gasteiger partial charge in [-0.05, 0) is 36.8 Å². The average Bonchev–Trinajstić information content (AvgIpc) is 2.60. The summed E-state index contributed by atoms with van der Waals surface area (Å²) in [6, 6.07) is 14.9. The monoisotopic (exact) mass is 338 g/mol. The van der Waals surface area contributed by atoms with Crippen LogP contribution in [-0.2, 0) is 0 Å². The van der Waals surface area contributed by atoms with E-state index in [-0.39, 0.29) is 5.91 Å². The molecular weight excluding hydrogens is 324 g/mol. The third-order valence-corrected chi connectivity index (χ3v) is 3.63. The summed E-state index contributed by atoms with van der Waals surface area (Å²) in [5.74, 6) is 0.142. The number of carbonyl (C=O) groups excluding carboxylic acids is 1. The van der Waals surface area contributed by atoms with Crippen LogP contribution in [0.25, 0.3) is 0 Å². The Labute approximate surface area is 144 Å². The van der Waals surface area contributed by atoms with E-state index in [1.807, 2.05) is 43.3 Å². The molecule has 2 N–H and O–H groups in total. The first-order valence-electron chi connectivity index (χ1n) is 7.33. The molecule has 1 amide bonds. The molecule has 5 nitrogen and oxygen atoms in total.